The molecule has 0 saturated carbocycles. The minimum Gasteiger partial charge on any atom is -0.385 e. The highest BCUT2D eigenvalue weighted by Crippen LogP contribution is 2.23. The highest BCUT2D eigenvalue weighted by atomic mass is 15.1. The van der Waals surface area contributed by atoms with Gasteiger partial charge >= 0.3 is 0 Å². The molecule has 0 aliphatic rings. The second-order valence-corrected chi connectivity index (χ2v) is 5.37. The summed E-state index contributed by atoms with van der Waals surface area (Å²) >= 11 is 0. The van der Waals surface area contributed by atoms with Crippen LogP contribution < -0.4 is 11.1 Å². The van der Waals surface area contributed by atoms with Crippen molar-refractivity contribution in [2.24, 2.45) is 5.73 Å². The Kier molecular flexibility index (Phi) is 5.75. The number of aromatic nitrogens is 2. The summed E-state index contributed by atoms with van der Waals surface area (Å²) in [5.41, 5.74) is 10.9. The summed E-state index contributed by atoms with van der Waals surface area (Å²) in [7, 11) is 2.06. The Balaban J connectivity index is 2.15. The smallest absolute Gasteiger partial charge is 0.0965 e. The van der Waals surface area contributed by atoms with Crippen molar-refractivity contribution in [3.63, 3.8) is 0 Å². The first-order valence-corrected chi connectivity index (χ1v) is 7.60. The zero-order valence-electron chi connectivity index (χ0n) is 13.4. The lowest BCUT2D eigenvalue weighted by molar-refractivity contribution is 0.337. The molecule has 0 saturated heterocycles. The SMILES string of the molecule is C=C(NCC)c1ccc(-c2n[nH]cc2CN(C)CCN)cc1. The third-order valence-corrected chi connectivity index (χ3v) is 3.57. The van der Waals surface area contributed by atoms with Crippen molar-refractivity contribution in [2.75, 3.05) is 26.7 Å². The predicted molar refractivity (Wildman–Crippen MR) is 92.1 cm³/mol. The number of likely N-dealkylation sites (N-methyl/N-ethyl adjacent to an activating group) is 1. The van der Waals surface area contributed by atoms with Crippen LogP contribution in [0.5, 0.6) is 0 Å². The zero-order chi connectivity index (χ0) is 15.9. The van der Waals surface area contributed by atoms with Crippen molar-refractivity contribution in [1.82, 2.24) is 20.4 Å². The fourth-order valence-corrected chi connectivity index (χ4v) is 2.42. The third-order valence-electron chi connectivity index (χ3n) is 3.57. The lowest BCUT2D eigenvalue weighted by Gasteiger charge is -2.15. The summed E-state index contributed by atoms with van der Waals surface area (Å²) < 4.78 is 0. The van der Waals surface area contributed by atoms with Crippen molar-refractivity contribution in [3.8, 4) is 11.3 Å². The van der Waals surface area contributed by atoms with Crippen LogP contribution in [-0.2, 0) is 6.54 Å². The number of rotatable bonds is 8. The van der Waals surface area contributed by atoms with Crippen molar-refractivity contribution in [2.45, 2.75) is 13.5 Å². The maximum atomic E-state index is 5.60. The van der Waals surface area contributed by atoms with E-state index in [-0.39, 0.29) is 0 Å². The highest BCUT2D eigenvalue weighted by Gasteiger charge is 2.10. The molecule has 118 valence electrons. The molecule has 0 radical (unpaired) electrons. The van der Waals surface area contributed by atoms with Gasteiger partial charge in [-0.05, 0) is 19.5 Å². The summed E-state index contributed by atoms with van der Waals surface area (Å²) in [5.74, 6) is 0. The van der Waals surface area contributed by atoms with Crippen LogP contribution in [0.25, 0.3) is 17.0 Å². The van der Waals surface area contributed by atoms with E-state index < -0.39 is 0 Å². The number of aromatic amines is 1. The first-order chi connectivity index (χ1) is 10.7. The monoisotopic (exact) mass is 299 g/mol. The van der Waals surface area contributed by atoms with E-state index in [1.165, 1.54) is 5.56 Å². The molecule has 0 spiro atoms. The molecule has 0 aliphatic carbocycles. The van der Waals surface area contributed by atoms with E-state index in [4.69, 9.17) is 5.73 Å². The molecule has 1 aromatic carbocycles. The third kappa shape index (κ3) is 3.96. The number of nitrogens with one attached hydrogen (secondary N) is 2. The van der Waals surface area contributed by atoms with Gasteiger partial charge in [0, 0.05) is 49.2 Å². The Morgan fingerprint density at radius 2 is 2.09 bits per heavy atom. The van der Waals surface area contributed by atoms with Crippen molar-refractivity contribution in [1.29, 1.82) is 0 Å². The van der Waals surface area contributed by atoms with E-state index in [9.17, 15) is 0 Å². The lowest BCUT2D eigenvalue weighted by Crippen LogP contribution is -2.25. The standard InChI is InChI=1S/C17H25N5/c1-4-19-13(2)14-5-7-15(8-6-14)17-16(11-20-21-17)12-22(3)10-9-18/h5-8,11,19H,2,4,9-10,12,18H2,1,3H3,(H,20,21). The summed E-state index contributed by atoms with van der Waals surface area (Å²) in [5, 5.41) is 10.6. The molecule has 2 aromatic rings. The first kappa shape index (κ1) is 16.3. The summed E-state index contributed by atoms with van der Waals surface area (Å²) in [4.78, 5) is 2.19. The fourth-order valence-electron chi connectivity index (χ4n) is 2.42. The molecule has 0 unspecified atom stereocenters. The van der Waals surface area contributed by atoms with E-state index in [0.29, 0.717) is 6.54 Å². The van der Waals surface area contributed by atoms with Crippen LogP contribution in [0.15, 0.2) is 37.0 Å². The van der Waals surface area contributed by atoms with Gasteiger partial charge in [0.2, 0.25) is 0 Å². The number of nitrogens with zero attached hydrogens (tertiary/aromatic N) is 2. The predicted octanol–water partition coefficient (Wildman–Crippen LogP) is 2.05. The van der Waals surface area contributed by atoms with E-state index in [1.54, 1.807) is 0 Å². The Morgan fingerprint density at radius 3 is 2.73 bits per heavy atom. The first-order valence-electron chi connectivity index (χ1n) is 7.60. The lowest BCUT2D eigenvalue weighted by atomic mass is 10.0. The largest absolute Gasteiger partial charge is 0.385 e. The van der Waals surface area contributed by atoms with Gasteiger partial charge in [-0.25, -0.2) is 0 Å². The average Bonchev–Trinajstić information content (AvgIpc) is 2.96. The van der Waals surface area contributed by atoms with Crippen molar-refractivity contribution >= 4 is 5.70 Å². The average molecular weight is 299 g/mol. The molecule has 0 amide bonds. The zero-order valence-corrected chi connectivity index (χ0v) is 13.4. The molecule has 1 aromatic heterocycles. The summed E-state index contributed by atoms with van der Waals surface area (Å²) in [6.07, 6.45) is 1.95. The molecule has 4 N–H and O–H groups in total. The molecule has 0 atom stereocenters. The Morgan fingerprint density at radius 1 is 1.36 bits per heavy atom. The van der Waals surface area contributed by atoms with Crippen LogP contribution >= 0.6 is 0 Å². The van der Waals surface area contributed by atoms with E-state index >= 15 is 0 Å². The molecule has 5 nitrogen and oxygen atoms in total. The van der Waals surface area contributed by atoms with E-state index in [2.05, 4.69) is 65.2 Å². The topological polar surface area (TPSA) is 70.0 Å². The van der Waals surface area contributed by atoms with Gasteiger partial charge in [-0.15, -0.1) is 0 Å². The van der Waals surface area contributed by atoms with Crippen LogP contribution in [0.2, 0.25) is 0 Å². The second-order valence-electron chi connectivity index (χ2n) is 5.37. The number of hydrogen-bond acceptors (Lipinski definition) is 4. The van der Waals surface area contributed by atoms with Gasteiger partial charge in [-0.3, -0.25) is 5.10 Å². The number of nitrogens with two attached hydrogens (primary N) is 1. The van der Waals surface area contributed by atoms with Gasteiger partial charge in [0.05, 0.1) is 5.69 Å². The molecular formula is C17H25N5. The second kappa shape index (κ2) is 7.77. The van der Waals surface area contributed by atoms with Gasteiger partial charge < -0.3 is 16.0 Å². The molecule has 2 rings (SSSR count). The molecule has 1 heterocycles. The molecular weight excluding hydrogens is 274 g/mol. The fraction of sp³-hybridized carbons (Fsp3) is 0.353. The Hall–Kier alpha value is -2.11. The molecule has 0 bridgehead atoms. The molecule has 0 fully saturated rings. The Bertz CT molecular complexity index is 600. The minimum atomic E-state index is 0.658. The van der Waals surface area contributed by atoms with E-state index in [1.807, 2.05) is 6.20 Å². The minimum absolute atomic E-state index is 0.658. The number of hydrogen-bond donors (Lipinski definition) is 3. The van der Waals surface area contributed by atoms with Gasteiger partial charge in [0.1, 0.15) is 0 Å². The van der Waals surface area contributed by atoms with Gasteiger partial charge in [0.25, 0.3) is 0 Å². The summed E-state index contributed by atoms with van der Waals surface area (Å²) in [6.45, 7) is 9.32. The van der Waals surface area contributed by atoms with E-state index in [0.717, 1.165) is 42.2 Å². The number of benzene rings is 1. The Labute approximate surface area is 132 Å². The van der Waals surface area contributed by atoms with Crippen LogP contribution in [0, 0.1) is 0 Å². The van der Waals surface area contributed by atoms with Crippen LogP contribution in [0.1, 0.15) is 18.1 Å². The molecule has 5 heteroatoms. The van der Waals surface area contributed by atoms with Gasteiger partial charge in [0.15, 0.2) is 0 Å². The van der Waals surface area contributed by atoms with Gasteiger partial charge in [-0.2, -0.15) is 5.10 Å². The van der Waals surface area contributed by atoms with Gasteiger partial charge in [-0.1, -0.05) is 30.8 Å². The maximum Gasteiger partial charge on any atom is 0.0965 e. The van der Waals surface area contributed by atoms with Crippen LogP contribution in [-0.4, -0.2) is 41.8 Å². The number of H-pyrrole nitrogens is 1. The normalized spacial score (nSPS) is 10.9. The summed E-state index contributed by atoms with van der Waals surface area (Å²) in [6, 6.07) is 8.31. The molecule has 22 heavy (non-hydrogen) atoms. The highest BCUT2D eigenvalue weighted by molar-refractivity contribution is 5.68. The quantitative estimate of drug-likeness (QED) is 0.698. The van der Waals surface area contributed by atoms with Crippen LogP contribution in [0.4, 0.5) is 0 Å². The molecule has 0 aliphatic heterocycles. The van der Waals surface area contributed by atoms with Crippen LogP contribution in [0.3, 0.4) is 0 Å². The maximum absolute atomic E-state index is 5.60. The van der Waals surface area contributed by atoms with Crippen molar-refractivity contribution < 1.29 is 0 Å². The van der Waals surface area contributed by atoms with Crippen molar-refractivity contribution in [3.05, 3.63) is 48.2 Å².